The van der Waals surface area contributed by atoms with Gasteiger partial charge in [0.05, 0.1) is 23.9 Å². The van der Waals surface area contributed by atoms with Gasteiger partial charge in [-0.05, 0) is 36.4 Å². The fraction of sp³-hybridized carbons (Fsp3) is 0.105. The largest absolute Gasteiger partial charge is 0.495 e. The lowest BCUT2D eigenvalue weighted by atomic mass is 10.1. The summed E-state index contributed by atoms with van der Waals surface area (Å²) in [5, 5.41) is 6.69. The fourth-order valence-electron chi connectivity index (χ4n) is 2.60. The third kappa shape index (κ3) is 3.75. The van der Waals surface area contributed by atoms with Crippen molar-refractivity contribution >= 4 is 45.7 Å². The molecule has 26 heavy (non-hydrogen) atoms. The molecule has 6 nitrogen and oxygen atoms in total. The van der Waals surface area contributed by atoms with Gasteiger partial charge in [-0.2, -0.15) is 0 Å². The zero-order chi connectivity index (χ0) is 18.7. The molecule has 0 unspecified atom stereocenters. The number of nitrogens with one attached hydrogen (secondary N) is 2. The normalized spacial score (nSPS) is 10.4. The van der Waals surface area contributed by atoms with Crippen molar-refractivity contribution in [1.82, 2.24) is 4.98 Å². The molecule has 2 amide bonds. The van der Waals surface area contributed by atoms with Gasteiger partial charge in [0.25, 0.3) is 5.91 Å². The number of carbonyl (C=O) groups excluding carboxylic acids is 2. The molecule has 132 valence electrons. The topological polar surface area (TPSA) is 80.3 Å². The summed E-state index contributed by atoms with van der Waals surface area (Å²) in [7, 11) is 1.50. The molecular weight excluding hydrogens is 354 g/mol. The van der Waals surface area contributed by atoms with Gasteiger partial charge in [0, 0.05) is 29.2 Å². The van der Waals surface area contributed by atoms with Crippen LogP contribution in [-0.2, 0) is 4.79 Å². The van der Waals surface area contributed by atoms with Crippen molar-refractivity contribution < 1.29 is 14.3 Å². The van der Waals surface area contributed by atoms with Crippen molar-refractivity contribution in [3.05, 3.63) is 59.2 Å². The second-order valence-electron chi connectivity index (χ2n) is 5.58. The Bertz CT molecular complexity index is 1000. The molecular formula is C19H16ClN3O3. The van der Waals surface area contributed by atoms with E-state index in [1.165, 1.54) is 14.0 Å². The van der Waals surface area contributed by atoms with Gasteiger partial charge in [0.2, 0.25) is 5.91 Å². The van der Waals surface area contributed by atoms with Crippen molar-refractivity contribution in [3.8, 4) is 5.75 Å². The third-order valence-electron chi connectivity index (χ3n) is 3.68. The number of benzene rings is 2. The van der Waals surface area contributed by atoms with E-state index < -0.39 is 0 Å². The van der Waals surface area contributed by atoms with E-state index in [-0.39, 0.29) is 11.8 Å². The standard InChI is InChI=1S/C19H16ClN3O3/c1-11(24)22-16-10-14(5-6-17(16)26-2)23-19(25)15-9-13(20)8-12-4-3-7-21-18(12)15/h3-10H,1-2H3,(H,22,24)(H,23,25). The zero-order valence-electron chi connectivity index (χ0n) is 14.2. The van der Waals surface area contributed by atoms with E-state index in [0.717, 1.165) is 5.39 Å². The molecule has 2 aromatic carbocycles. The van der Waals surface area contributed by atoms with Crippen LogP contribution in [-0.4, -0.2) is 23.9 Å². The van der Waals surface area contributed by atoms with Crippen LogP contribution in [0, 0.1) is 0 Å². The second kappa shape index (κ2) is 7.41. The van der Waals surface area contributed by atoms with Crippen molar-refractivity contribution in [1.29, 1.82) is 0 Å². The lowest BCUT2D eigenvalue weighted by Crippen LogP contribution is -2.14. The van der Waals surface area contributed by atoms with Gasteiger partial charge < -0.3 is 15.4 Å². The van der Waals surface area contributed by atoms with E-state index in [2.05, 4.69) is 15.6 Å². The van der Waals surface area contributed by atoms with Gasteiger partial charge in [0.1, 0.15) is 5.75 Å². The zero-order valence-corrected chi connectivity index (χ0v) is 14.9. The molecule has 0 aliphatic heterocycles. The molecule has 3 aromatic rings. The number of pyridine rings is 1. The van der Waals surface area contributed by atoms with Crippen LogP contribution in [0.1, 0.15) is 17.3 Å². The van der Waals surface area contributed by atoms with Crippen molar-refractivity contribution in [2.24, 2.45) is 0 Å². The SMILES string of the molecule is COc1ccc(NC(=O)c2cc(Cl)cc3cccnc23)cc1NC(C)=O. The number of methoxy groups -OCH3 is 1. The van der Waals surface area contributed by atoms with Gasteiger partial charge in [-0.1, -0.05) is 17.7 Å². The summed E-state index contributed by atoms with van der Waals surface area (Å²) in [6, 6.07) is 11.9. The number of rotatable bonds is 4. The molecule has 7 heteroatoms. The van der Waals surface area contributed by atoms with Crippen LogP contribution in [0.15, 0.2) is 48.7 Å². The highest BCUT2D eigenvalue weighted by Gasteiger charge is 2.14. The minimum absolute atomic E-state index is 0.239. The first-order valence-electron chi connectivity index (χ1n) is 7.79. The van der Waals surface area contributed by atoms with Gasteiger partial charge in [-0.3, -0.25) is 14.6 Å². The molecule has 3 rings (SSSR count). The Hall–Kier alpha value is -3.12. The Balaban J connectivity index is 1.95. The Morgan fingerprint density at radius 3 is 2.65 bits per heavy atom. The molecule has 0 atom stereocenters. The van der Waals surface area contributed by atoms with Gasteiger partial charge >= 0.3 is 0 Å². The van der Waals surface area contributed by atoms with Crippen LogP contribution in [0.4, 0.5) is 11.4 Å². The van der Waals surface area contributed by atoms with Gasteiger partial charge in [0.15, 0.2) is 0 Å². The molecule has 0 bridgehead atoms. The van der Waals surface area contributed by atoms with Gasteiger partial charge in [-0.15, -0.1) is 0 Å². The van der Waals surface area contributed by atoms with Crippen LogP contribution in [0.3, 0.4) is 0 Å². The summed E-state index contributed by atoms with van der Waals surface area (Å²) in [6.45, 7) is 1.40. The van der Waals surface area contributed by atoms with Crippen LogP contribution < -0.4 is 15.4 Å². The van der Waals surface area contributed by atoms with Crippen molar-refractivity contribution in [2.45, 2.75) is 6.92 Å². The maximum absolute atomic E-state index is 12.7. The number of amides is 2. The van der Waals surface area contributed by atoms with Crippen LogP contribution >= 0.6 is 11.6 Å². The summed E-state index contributed by atoms with van der Waals surface area (Å²) >= 11 is 6.12. The third-order valence-corrected chi connectivity index (χ3v) is 3.90. The Morgan fingerprint density at radius 2 is 1.92 bits per heavy atom. The number of hydrogen-bond donors (Lipinski definition) is 2. The average Bonchev–Trinajstić information content (AvgIpc) is 2.60. The number of halogens is 1. The number of aromatic nitrogens is 1. The summed E-state index contributed by atoms with van der Waals surface area (Å²) in [5.41, 5.74) is 1.89. The van der Waals surface area contributed by atoms with E-state index in [1.54, 1.807) is 42.6 Å². The first-order valence-corrected chi connectivity index (χ1v) is 8.17. The number of nitrogens with zero attached hydrogens (tertiary/aromatic N) is 1. The Labute approximate surface area is 155 Å². The molecule has 0 radical (unpaired) electrons. The monoisotopic (exact) mass is 369 g/mol. The van der Waals surface area contributed by atoms with E-state index in [9.17, 15) is 9.59 Å². The van der Waals surface area contributed by atoms with Crippen LogP contribution in [0.5, 0.6) is 5.75 Å². The minimum Gasteiger partial charge on any atom is -0.495 e. The number of carbonyl (C=O) groups is 2. The molecule has 1 heterocycles. The highest BCUT2D eigenvalue weighted by Crippen LogP contribution is 2.29. The van der Waals surface area contributed by atoms with Crippen molar-refractivity contribution in [2.75, 3.05) is 17.7 Å². The van der Waals surface area contributed by atoms with E-state index >= 15 is 0 Å². The van der Waals surface area contributed by atoms with Crippen LogP contribution in [0.2, 0.25) is 5.02 Å². The summed E-state index contributed by atoms with van der Waals surface area (Å²) in [4.78, 5) is 28.4. The highest BCUT2D eigenvalue weighted by molar-refractivity contribution is 6.32. The predicted molar refractivity (Wildman–Crippen MR) is 102 cm³/mol. The maximum Gasteiger partial charge on any atom is 0.257 e. The highest BCUT2D eigenvalue weighted by atomic mass is 35.5. The predicted octanol–water partition coefficient (Wildman–Crippen LogP) is 4.11. The van der Waals surface area contributed by atoms with E-state index in [1.807, 2.05) is 6.07 Å². The number of ether oxygens (including phenoxy) is 1. The molecule has 0 saturated carbocycles. The van der Waals surface area contributed by atoms with Crippen molar-refractivity contribution in [3.63, 3.8) is 0 Å². The molecule has 0 saturated heterocycles. The fourth-order valence-corrected chi connectivity index (χ4v) is 2.83. The first kappa shape index (κ1) is 17.7. The molecule has 1 aromatic heterocycles. The van der Waals surface area contributed by atoms with Gasteiger partial charge in [-0.25, -0.2) is 0 Å². The number of fused-ring (bicyclic) bond motifs is 1. The lowest BCUT2D eigenvalue weighted by Gasteiger charge is -2.12. The quantitative estimate of drug-likeness (QED) is 0.725. The average molecular weight is 370 g/mol. The molecule has 0 spiro atoms. The number of hydrogen-bond acceptors (Lipinski definition) is 4. The molecule has 0 aliphatic carbocycles. The summed E-state index contributed by atoms with van der Waals surface area (Å²) in [6.07, 6.45) is 1.62. The van der Waals surface area contributed by atoms with E-state index in [0.29, 0.717) is 33.2 Å². The Morgan fingerprint density at radius 1 is 1.12 bits per heavy atom. The minimum atomic E-state index is -0.352. The van der Waals surface area contributed by atoms with Crippen LogP contribution in [0.25, 0.3) is 10.9 Å². The smallest absolute Gasteiger partial charge is 0.257 e. The second-order valence-corrected chi connectivity index (χ2v) is 6.02. The molecule has 2 N–H and O–H groups in total. The lowest BCUT2D eigenvalue weighted by molar-refractivity contribution is -0.114. The Kier molecular flexibility index (Phi) is 5.04. The molecule has 0 aliphatic rings. The number of anilines is 2. The summed E-state index contributed by atoms with van der Waals surface area (Å²) in [5.74, 6) is -0.0972. The first-order chi connectivity index (χ1) is 12.5. The summed E-state index contributed by atoms with van der Waals surface area (Å²) < 4.78 is 5.21. The van der Waals surface area contributed by atoms with E-state index in [4.69, 9.17) is 16.3 Å². The maximum atomic E-state index is 12.7. The molecule has 0 fully saturated rings.